The van der Waals surface area contributed by atoms with Gasteiger partial charge in [-0.15, -0.1) is 0 Å². The molecule has 1 amide bonds. The van der Waals surface area contributed by atoms with Crippen LogP contribution in [-0.2, 0) is 0 Å². The summed E-state index contributed by atoms with van der Waals surface area (Å²) >= 11 is 0. The molecule has 0 aliphatic rings. The molecular weight excluding hydrogens is 320 g/mol. The van der Waals surface area contributed by atoms with Gasteiger partial charge < -0.3 is 8.83 Å². The molecular formula is C19H12N2O4. The van der Waals surface area contributed by atoms with Gasteiger partial charge in [0.2, 0.25) is 5.43 Å². The quantitative estimate of drug-likeness (QED) is 0.461. The van der Waals surface area contributed by atoms with Gasteiger partial charge in [0.15, 0.2) is 5.76 Å². The summed E-state index contributed by atoms with van der Waals surface area (Å²) in [7, 11) is 0. The standard InChI is InChI=1S/C19H12N2O4/c22-18-13(11-24-16-8-4-2-6-14(16)18)10-20-21-19(23)17-9-12-5-1-3-7-15(12)25-17/h1-11H,(H,21,23)/b20-10-. The van der Waals surface area contributed by atoms with Gasteiger partial charge in [-0.3, -0.25) is 9.59 Å². The number of fused-ring (bicyclic) bond motifs is 2. The van der Waals surface area contributed by atoms with Crippen LogP contribution in [0, 0.1) is 0 Å². The van der Waals surface area contributed by atoms with Crippen LogP contribution in [0.1, 0.15) is 16.1 Å². The van der Waals surface area contributed by atoms with Crippen LogP contribution in [0.5, 0.6) is 0 Å². The van der Waals surface area contributed by atoms with Crippen LogP contribution in [0.2, 0.25) is 0 Å². The van der Waals surface area contributed by atoms with E-state index in [9.17, 15) is 9.59 Å². The molecule has 4 aromatic rings. The number of para-hydroxylation sites is 2. The van der Waals surface area contributed by atoms with Crippen molar-refractivity contribution >= 4 is 34.1 Å². The molecule has 4 rings (SSSR count). The molecule has 122 valence electrons. The summed E-state index contributed by atoms with van der Waals surface area (Å²) < 4.78 is 10.8. The summed E-state index contributed by atoms with van der Waals surface area (Å²) in [6, 6.07) is 15.9. The number of hydrogen-bond acceptors (Lipinski definition) is 5. The van der Waals surface area contributed by atoms with Crippen molar-refractivity contribution in [3.63, 3.8) is 0 Å². The van der Waals surface area contributed by atoms with Crippen LogP contribution in [0.25, 0.3) is 21.9 Å². The van der Waals surface area contributed by atoms with E-state index in [2.05, 4.69) is 10.5 Å². The Labute approximate surface area is 141 Å². The maximum atomic E-state index is 12.3. The topological polar surface area (TPSA) is 84.8 Å². The molecule has 2 aromatic carbocycles. The van der Waals surface area contributed by atoms with Gasteiger partial charge in [-0.2, -0.15) is 5.10 Å². The fourth-order valence-corrected chi connectivity index (χ4v) is 2.49. The van der Waals surface area contributed by atoms with Gasteiger partial charge in [0, 0.05) is 5.39 Å². The molecule has 0 saturated heterocycles. The number of furan rings is 1. The van der Waals surface area contributed by atoms with Crippen molar-refractivity contribution in [2.24, 2.45) is 5.10 Å². The molecule has 0 fully saturated rings. The van der Waals surface area contributed by atoms with Gasteiger partial charge in [0.05, 0.1) is 17.2 Å². The Morgan fingerprint density at radius 2 is 1.80 bits per heavy atom. The first-order valence-corrected chi connectivity index (χ1v) is 7.55. The zero-order valence-corrected chi connectivity index (χ0v) is 12.9. The van der Waals surface area contributed by atoms with Gasteiger partial charge in [-0.05, 0) is 24.3 Å². The van der Waals surface area contributed by atoms with Gasteiger partial charge in [0.25, 0.3) is 0 Å². The highest BCUT2D eigenvalue weighted by atomic mass is 16.3. The number of rotatable bonds is 3. The fraction of sp³-hybridized carbons (Fsp3) is 0. The molecule has 2 aromatic heterocycles. The fourth-order valence-electron chi connectivity index (χ4n) is 2.49. The third-order valence-corrected chi connectivity index (χ3v) is 3.73. The lowest BCUT2D eigenvalue weighted by molar-refractivity contribution is 0.0929. The van der Waals surface area contributed by atoms with E-state index < -0.39 is 5.91 Å². The second kappa shape index (κ2) is 6.09. The summed E-state index contributed by atoms with van der Waals surface area (Å²) in [5.74, 6) is -0.360. The monoisotopic (exact) mass is 332 g/mol. The second-order valence-electron chi connectivity index (χ2n) is 5.36. The summed E-state index contributed by atoms with van der Waals surface area (Å²) in [6.07, 6.45) is 2.56. The zero-order valence-electron chi connectivity index (χ0n) is 12.9. The Hall–Kier alpha value is -3.67. The van der Waals surface area contributed by atoms with Gasteiger partial charge in [-0.1, -0.05) is 30.3 Å². The Morgan fingerprint density at radius 1 is 1.04 bits per heavy atom. The van der Waals surface area contributed by atoms with Crippen LogP contribution in [-0.4, -0.2) is 12.1 Å². The van der Waals surface area contributed by atoms with Crippen LogP contribution >= 0.6 is 0 Å². The molecule has 1 N–H and O–H groups in total. The minimum Gasteiger partial charge on any atom is -0.463 e. The molecule has 0 atom stereocenters. The van der Waals surface area contributed by atoms with Crippen LogP contribution in [0.15, 0.2) is 79.6 Å². The number of carbonyl (C=O) groups excluding carboxylic acids is 1. The molecule has 0 bridgehead atoms. The zero-order chi connectivity index (χ0) is 17.2. The van der Waals surface area contributed by atoms with Crippen molar-refractivity contribution in [1.29, 1.82) is 0 Å². The molecule has 2 heterocycles. The van der Waals surface area contributed by atoms with Gasteiger partial charge in [-0.25, -0.2) is 5.43 Å². The first-order valence-electron chi connectivity index (χ1n) is 7.55. The molecule has 0 radical (unpaired) electrons. The first kappa shape index (κ1) is 14.9. The van der Waals surface area contributed by atoms with E-state index in [4.69, 9.17) is 8.83 Å². The summed E-state index contributed by atoms with van der Waals surface area (Å²) in [6.45, 7) is 0. The molecule has 0 aliphatic carbocycles. The highest BCUT2D eigenvalue weighted by Crippen LogP contribution is 2.18. The number of benzene rings is 2. The number of hydrogen-bond donors (Lipinski definition) is 1. The largest absolute Gasteiger partial charge is 0.463 e. The van der Waals surface area contributed by atoms with E-state index in [0.717, 1.165) is 5.39 Å². The Morgan fingerprint density at radius 3 is 2.64 bits per heavy atom. The highest BCUT2D eigenvalue weighted by Gasteiger charge is 2.11. The Bertz CT molecular complexity index is 1140. The van der Waals surface area contributed by atoms with Crippen LogP contribution in [0.3, 0.4) is 0 Å². The van der Waals surface area contributed by atoms with E-state index in [1.165, 1.54) is 12.5 Å². The molecule has 0 aliphatic heterocycles. The Kier molecular flexibility index (Phi) is 3.63. The van der Waals surface area contributed by atoms with E-state index in [1.807, 2.05) is 18.2 Å². The maximum Gasteiger partial charge on any atom is 0.307 e. The molecule has 0 saturated carbocycles. The third-order valence-electron chi connectivity index (χ3n) is 3.73. The lowest BCUT2D eigenvalue weighted by atomic mass is 10.2. The maximum absolute atomic E-state index is 12.3. The molecule has 6 nitrogen and oxygen atoms in total. The normalized spacial score (nSPS) is 11.4. The van der Waals surface area contributed by atoms with Crippen molar-refractivity contribution in [2.45, 2.75) is 0 Å². The van der Waals surface area contributed by atoms with E-state index in [0.29, 0.717) is 16.6 Å². The van der Waals surface area contributed by atoms with Crippen molar-refractivity contribution in [3.05, 3.63) is 82.4 Å². The summed E-state index contributed by atoms with van der Waals surface area (Å²) in [5, 5.41) is 5.09. The van der Waals surface area contributed by atoms with Crippen molar-refractivity contribution in [1.82, 2.24) is 5.43 Å². The Balaban J connectivity index is 1.55. The minimum atomic E-state index is -0.502. The number of nitrogens with one attached hydrogen (secondary N) is 1. The molecule has 6 heteroatoms. The van der Waals surface area contributed by atoms with E-state index >= 15 is 0 Å². The average Bonchev–Trinajstić information content (AvgIpc) is 3.08. The lowest BCUT2D eigenvalue weighted by Gasteiger charge is -1.98. The van der Waals surface area contributed by atoms with E-state index in [-0.39, 0.29) is 16.8 Å². The second-order valence-corrected chi connectivity index (χ2v) is 5.36. The van der Waals surface area contributed by atoms with Gasteiger partial charge in [0.1, 0.15) is 17.4 Å². The first-order chi connectivity index (χ1) is 12.2. The third kappa shape index (κ3) is 2.81. The van der Waals surface area contributed by atoms with E-state index in [1.54, 1.807) is 36.4 Å². The number of nitrogens with zero attached hydrogens (tertiary/aromatic N) is 1. The number of hydrazone groups is 1. The van der Waals surface area contributed by atoms with Crippen molar-refractivity contribution < 1.29 is 13.6 Å². The smallest absolute Gasteiger partial charge is 0.307 e. The predicted octanol–water partition coefficient (Wildman–Crippen LogP) is 3.30. The van der Waals surface area contributed by atoms with Crippen molar-refractivity contribution in [3.8, 4) is 0 Å². The van der Waals surface area contributed by atoms with Crippen LogP contribution < -0.4 is 10.9 Å². The lowest BCUT2D eigenvalue weighted by Crippen LogP contribution is -2.18. The SMILES string of the molecule is O=C(N/N=C\c1coc2ccccc2c1=O)c1cc2ccccc2o1. The summed E-state index contributed by atoms with van der Waals surface area (Å²) in [5.41, 5.74) is 3.47. The molecule has 0 spiro atoms. The molecule has 0 unspecified atom stereocenters. The minimum absolute atomic E-state index is 0.142. The highest BCUT2D eigenvalue weighted by molar-refractivity contribution is 5.96. The van der Waals surface area contributed by atoms with Crippen molar-refractivity contribution in [2.75, 3.05) is 0 Å². The molecule has 25 heavy (non-hydrogen) atoms. The summed E-state index contributed by atoms with van der Waals surface area (Å²) in [4.78, 5) is 24.4. The number of carbonyl (C=O) groups is 1. The predicted molar refractivity (Wildman–Crippen MR) is 93.8 cm³/mol. The van der Waals surface area contributed by atoms with Crippen LogP contribution in [0.4, 0.5) is 0 Å². The van der Waals surface area contributed by atoms with Gasteiger partial charge >= 0.3 is 5.91 Å². The average molecular weight is 332 g/mol. The number of amides is 1.